The van der Waals surface area contributed by atoms with Gasteiger partial charge in [0.15, 0.2) is 5.76 Å². The highest BCUT2D eigenvalue weighted by molar-refractivity contribution is 5.92. The number of aliphatic carboxylic acids is 1. The number of furan rings is 1. The van der Waals surface area contributed by atoms with Gasteiger partial charge in [0.25, 0.3) is 5.91 Å². The molecule has 1 amide bonds. The number of carbonyl (C=O) groups excluding carboxylic acids is 1. The highest BCUT2D eigenvalue weighted by Crippen LogP contribution is 2.22. The second kappa shape index (κ2) is 5.47. The largest absolute Gasteiger partial charge is 0.481 e. The summed E-state index contributed by atoms with van der Waals surface area (Å²) in [5.74, 6) is -0.300. The van der Waals surface area contributed by atoms with E-state index in [-0.39, 0.29) is 12.5 Å². The molecule has 2 heterocycles. The van der Waals surface area contributed by atoms with Crippen molar-refractivity contribution >= 4 is 11.9 Å². The van der Waals surface area contributed by atoms with Gasteiger partial charge in [0.2, 0.25) is 0 Å². The Balaban J connectivity index is 2.12. The second-order valence-corrected chi connectivity index (χ2v) is 4.84. The number of hydrogen-bond acceptors (Lipinski definition) is 3. The average Bonchev–Trinajstić information content (AvgIpc) is 3.04. The quantitative estimate of drug-likeness (QED) is 0.903. The van der Waals surface area contributed by atoms with E-state index in [0.29, 0.717) is 18.7 Å². The van der Waals surface area contributed by atoms with Gasteiger partial charge in [-0.25, -0.2) is 0 Å². The molecule has 0 bridgehead atoms. The Morgan fingerprint density at radius 2 is 2.16 bits per heavy atom. The SMILES string of the molecule is CCc1cc(C(=O)N2CC[C@@H](C(=O)O)C2)oc1CC. The van der Waals surface area contributed by atoms with Gasteiger partial charge in [0, 0.05) is 19.5 Å². The van der Waals surface area contributed by atoms with Crippen LogP contribution in [0.5, 0.6) is 0 Å². The van der Waals surface area contributed by atoms with Crippen LogP contribution < -0.4 is 0 Å². The number of hydrogen-bond donors (Lipinski definition) is 1. The molecule has 1 fully saturated rings. The maximum Gasteiger partial charge on any atom is 0.308 e. The smallest absolute Gasteiger partial charge is 0.308 e. The van der Waals surface area contributed by atoms with Crippen molar-refractivity contribution < 1.29 is 19.1 Å². The molecule has 0 radical (unpaired) electrons. The lowest BCUT2D eigenvalue weighted by Crippen LogP contribution is -2.29. The van der Waals surface area contributed by atoms with Crippen LogP contribution in [0.2, 0.25) is 0 Å². The topological polar surface area (TPSA) is 70.8 Å². The van der Waals surface area contributed by atoms with Crippen molar-refractivity contribution in [3.8, 4) is 0 Å². The summed E-state index contributed by atoms with van der Waals surface area (Å²) >= 11 is 0. The van der Waals surface area contributed by atoms with Crippen LogP contribution in [-0.2, 0) is 17.6 Å². The first-order valence-electron chi connectivity index (χ1n) is 6.70. The summed E-state index contributed by atoms with van der Waals surface area (Å²) in [7, 11) is 0. The first kappa shape index (κ1) is 13.6. The van der Waals surface area contributed by atoms with Crippen LogP contribution in [0.1, 0.15) is 42.1 Å². The van der Waals surface area contributed by atoms with Gasteiger partial charge in [-0.2, -0.15) is 0 Å². The predicted octanol–water partition coefficient (Wildman–Crippen LogP) is 1.95. The van der Waals surface area contributed by atoms with Crippen molar-refractivity contribution in [2.75, 3.05) is 13.1 Å². The van der Waals surface area contributed by atoms with E-state index in [1.54, 1.807) is 11.0 Å². The molecule has 0 aliphatic carbocycles. The number of nitrogens with zero attached hydrogens (tertiary/aromatic N) is 1. The lowest BCUT2D eigenvalue weighted by molar-refractivity contribution is -0.141. The van der Waals surface area contributed by atoms with Crippen LogP contribution in [0, 0.1) is 5.92 Å². The molecule has 1 atom stereocenters. The zero-order chi connectivity index (χ0) is 14.0. The minimum atomic E-state index is -0.835. The van der Waals surface area contributed by atoms with Crippen LogP contribution in [0.15, 0.2) is 10.5 Å². The third kappa shape index (κ3) is 2.64. The lowest BCUT2D eigenvalue weighted by Gasteiger charge is -2.13. The fourth-order valence-electron chi connectivity index (χ4n) is 2.47. The Hall–Kier alpha value is -1.78. The summed E-state index contributed by atoms with van der Waals surface area (Å²) in [4.78, 5) is 24.7. The minimum Gasteiger partial charge on any atom is -0.481 e. The van der Waals surface area contributed by atoms with Crippen LogP contribution in [0.4, 0.5) is 0 Å². The number of likely N-dealkylation sites (tertiary alicyclic amines) is 1. The highest BCUT2D eigenvalue weighted by atomic mass is 16.4. The molecule has 104 valence electrons. The molecule has 1 saturated heterocycles. The van der Waals surface area contributed by atoms with Gasteiger partial charge in [-0.3, -0.25) is 9.59 Å². The van der Waals surface area contributed by atoms with Gasteiger partial charge < -0.3 is 14.4 Å². The number of carbonyl (C=O) groups is 2. The summed E-state index contributed by atoms with van der Waals surface area (Å²) < 4.78 is 5.59. The van der Waals surface area contributed by atoms with E-state index in [1.165, 1.54) is 0 Å². The number of carboxylic acid groups (broad SMARTS) is 1. The maximum absolute atomic E-state index is 12.3. The van der Waals surface area contributed by atoms with E-state index >= 15 is 0 Å². The number of aryl methyl sites for hydroxylation is 2. The fourth-order valence-corrected chi connectivity index (χ4v) is 2.47. The first-order chi connectivity index (χ1) is 9.06. The van der Waals surface area contributed by atoms with E-state index in [2.05, 4.69) is 0 Å². The van der Waals surface area contributed by atoms with E-state index in [0.717, 1.165) is 24.2 Å². The highest BCUT2D eigenvalue weighted by Gasteiger charge is 2.32. The van der Waals surface area contributed by atoms with Gasteiger partial charge in [-0.05, 0) is 24.5 Å². The Bertz CT molecular complexity index is 470. The first-order valence-corrected chi connectivity index (χ1v) is 6.70. The molecule has 2 rings (SSSR count). The Morgan fingerprint density at radius 1 is 1.42 bits per heavy atom. The molecule has 5 nitrogen and oxygen atoms in total. The van der Waals surface area contributed by atoms with Crippen molar-refractivity contribution in [1.29, 1.82) is 0 Å². The van der Waals surface area contributed by atoms with Crippen molar-refractivity contribution in [2.24, 2.45) is 5.92 Å². The zero-order valence-electron chi connectivity index (χ0n) is 11.3. The molecule has 1 aliphatic rings. The van der Waals surface area contributed by atoms with Crippen molar-refractivity contribution in [2.45, 2.75) is 33.1 Å². The van der Waals surface area contributed by atoms with Gasteiger partial charge >= 0.3 is 5.97 Å². The molecule has 1 N–H and O–H groups in total. The standard InChI is InChI=1S/C14H19NO4/c1-3-9-7-12(19-11(9)4-2)13(16)15-6-5-10(8-15)14(17)18/h7,10H,3-6,8H2,1-2H3,(H,17,18)/t10-/m1/s1. The Morgan fingerprint density at radius 3 is 2.63 bits per heavy atom. The van der Waals surface area contributed by atoms with Crippen LogP contribution in [0.25, 0.3) is 0 Å². The Labute approximate surface area is 112 Å². The molecular formula is C14H19NO4. The third-order valence-electron chi connectivity index (χ3n) is 3.63. The molecular weight excluding hydrogens is 246 g/mol. The molecule has 1 aromatic heterocycles. The predicted molar refractivity (Wildman–Crippen MR) is 69.1 cm³/mol. The summed E-state index contributed by atoms with van der Waals surface area (Å²) in [5, 5.41) is 8.95. The number of amides is 1. The number of rotatable bonds is 4. The second-order valence-electron chi connectivity index (χ2n) is 4.84. The van der Waals surface area contributed by atoms with Gasteiger partial charge in [0.1, 0.15) is 5.76 Å². The maximum atomic E-state index is 12.3. The molecule has 5 heteroatoms. The van der Waals surface area contributed by atoms with E-state index in [1.807, 2.05) is 13.8 Å². The molecule has 0 spiro atoms. The van der Waals surface area contributed by atoms with Crippen LogP contribution >= 0.6 is 0 Å². The summed E-state index contributed by atoms with van der Waals surface area (Å²) in [5.41, 5.74) is 1.06. The zero-order valence-corrected chi connectivity index (χ0v) is 11.3. The van der Waals surface area contributed by atoms with Gasteiger partial charge in [-0.1, -0.05) is 13.8 Å². The minimum absolute atomic E-state index is 0.196. The molecule has 0 aromatic carbocycles. The third-order valence-corrected chi connectivity index (χ3v) is 3.63. The monoisotopic (exact) mass is 265 g/mol. The van der Waals surface area contributed by atoms with Crippen molar-refractivity contribution in [3.63, 3.8) is 0 Å². The van der Waals surface area contributed by atoms with Gasteiger partial charge in [-0.15, -0.1) is 0 Å². The van der Waals surface area contributed by atoms with E-state index in [9.17, 15) is 9.59 Å². The molecule has 1 aliphatic heterocycles. The van der Waals surface area contributed by atoms with Crippen molar-refractivity contribution in [1.82, 2.24) is 4.90 Å². The van der Waals surface area contributed by atoms with E-state index in [4.69, 9.17) is 9.52 Å². The van der Waals surface area contributed by atoms with Gasteiger partial charge in [0.05, 0.1) is 5.92 Å². The molecule has 19 heavy (non-hydrogen) atoms. The van der Waals surface area contributed by atoms with Crippen LogP contribution in [0.3, 0.4) is 0 Å². The molecule has 0 unspecified atom stereocenters. The summed E-state index contributed by atoms with van der Waals surface area (Å²) in [6, 6.07) is 1.79. The van der Waals surface area contributed by atoms with E-state index < -0.39 is 11.9 Å². The molecule has 1 aromatic rings. The van der Waals surface area contributed by atoms with Crippen molar-refractivity contribution in [3.05, 3.63) is 23.2 Å². The number of carboxylic acids is 1. The molecule has 0 saturated carbocycles. The summed E-state index contributed by atoms with van der Waals surface area (Å²) in [6.45, 7) is 4.77. The fraction of sp³-hybridized carbons (Fsp3) is 0.571. The average molecular weight is 265 g/mol. The Kier molecular flexibility index (Phi) is 3.93. The van der Waals surface area contributed by atoms with Crippen LogP contribution in [-0.4, -0.2) is 35.0 Å². The normalized spacial score (nSPS) is 18.8. The lowest BCUT2D eigenvalue weighted by atomic mass is 10.1. The summed E-state index contributed by atoms with van der Waals surface area (Å²) in [6.07, 6.45) is 2.11.